The predicted molar refractivity (Wildman–Crippen MR) is 123 cm³/mol. The van der Waals surface area contributed by atoms with Crippen molar-refractivity contribution in [3.05, 3.63) is 83.2 Å². The van der Waals surface area contributed by atoms with Crippen molar-refractivity contribution in [2.75, 3.05) is 37.6 Å². The van der Waals surface area contributed by atoms with Crippen LogP contribution < -0.4 is 4.90 Å². The van der Waals surface area contributed by atoms with E-state index in [0.717, 1.165) is 11.8 Å². The molecule has 0 aliphatic carbocycles. The van der Waals surface area contributed by atoms with Gasteiger partial charge in [0.15, 0.2) is 0 Å². The second-order valence-electron chi connectivity index (χ2n) is 8.69. The van der Waals surface area contributed by atoms with E-state index in [1.165, 1.54) is 17.0 Å². The van der Waals surface area contributed by atoms with Gasteiger partial charge in [-0.25, -0.2) is 0 Å². The summed E-state index contributed by atoms with van der Waals surface area (Å²) in [7, 11) is 0. The van der Waals surface area contributed by atoms with Crippen molar-refractivity contribution in [1.82, 2.24) is 19.6 Å². The predicted octanol–water partition coefficient (Wildman–Crippen LogP) is 3.52. The maximum atomic E-state index is 13.2. The number of halogens is 3. The minimum absolute atomic E-state index is 0.234. The molecule has 0 spiro atoms. The number of amides is 2. The number of rotatable bonds is 6. The molecule has 182 valence electrons. The van der Waals surface area contributed by atoms with E-state index in [1.54, 1.807) is 41.3 Å². The Morgan fingerprint density at radius 1 is 0.886 bits per heavy atom. The molecule has 5 rings (SSSR count). The maximum Gasteiger partial charge on any atom is 0.416 e. The molecule has 0 N–H and O–H groups in total. The average Bonchev–Trinajstić information content (AvgIpc) is 3.45. The Labute approximate surface area is 200 Å². The van der Waals surface area contributed by atoms with Gasteiger partial charge in [-0.1, -0.05) is 24.3 Å². The van der Waals surface area contributed by atoms with Crippen LogP contribution in [0.4, 0.5) is 18.9 Å². The summed E-state index contributed by atoms with van der Waals surface area (Å²) in [6.07, 6.45) is -0.936. The van der Waals surface area contributed by atoms with E-state index in [0.29, 0.717) is 56.0 Å². The SMILES string of the molecule is O=C1c2cccc(N3CCN(Cc4cccc(C(F)(F)F)c4)CC3)c2C(=O)N1CCn1cccn1. The van der Waals surface area contributed by atoms with Crippen LogP contribution in [-0.2, 0) is 19.3 Å². The summed E-state index contributed by atoms with van der Waals surface area (Å²) in [5.41, 5.74) is 1.51. The summed E-state index contributed by atoms with van der Waals surface area (Å²) in [5, 5.41) is 4.12. The highest BCUT2D eigenvalue weighted by molar-refractivity contribution is 6.23. The largest absolute Gasteiger partial charge is 0.416 e. The lowest BCUT2D eigenvalue weighted by Crippen LogP contribution is -2.46. The number of fused-ring (bicyclic) bond motifs is 1. The van der Waals surface area contributed by atoms with Gasteiger partial charge in [0.1, 0.15) is 0 Å². The summed E-state index contributed by atoms with van der Waals surface area (Å²) in [6.45, 7) is 3.54. The lowest BCUT2D eigenvalue weighted by Gasteiger charge is -2.36. The van der Waals surface area contributed by atoms with Crippen molar-refractivity contribution >= 4 is 17.5 Å². The molecule has 0 bridgehead atoms. The summed E-state index contributed by atoms with van der Waals surface area (Å²) in [4.78, 5) is 31.6. The van der Waals surface area contributed by atoms with Gasteiger partial charge in [-0.05, 0) is 29.8 Å². The van der Waals surface area contributed by atoms with Crippen molar-refractivity contribution < 1.29 is 22.8 Å². The van der Waals surface area contributed by atoms with Crippen LogP contribution in [-0.4, -0.2) is 64.1 Å². The summed E-state index contributed by atoms with van der Waals surface area (Å²) in [6, 6.07) is 12.5. The minimum Gasteiger partial charge on any atom is -0.368 e. The van der Waals surface area contributed by atoms with Crippen LogP contribution in [0, 0.1) is 0 Å². The molecule has 3 heterocycles. The summed E-state index contributed by atoms with van der Waals surface area (Å²) >= 11 is 0. The Morgan fingerprint density at radius 3 is 2.37 bits per heavy atom. The highest BCUT2D eigenvalue weighted by Gasteiger charge is 2.38. The fourth-order valence-corrected chi connectivity index (χ4v) is 4.67. The lowest BCUT2D eigenvalue weighted by atomic mass is 10.1. The van der Waals surface area contributed by atoms with E-state index < -0.39 is 11.7 Å². The monoisotopic (exact) mass is 483 g/mol. The van der Waals surface area contributed by atoms with E-state index >= 15 is 0 Å². The number of piperazine rings is 1. The first-order valence-electron chi connectivity index (χ1n) is 11.4. The van der Waals surface area contributed by atoms with E-state index in [-0.39, 0.29) is 18.4 Å². The first kappa shape index (κ1) is 23.1. The van der Waals surface area contributed by atoms with Crippen molar-refractivity contribution in [1.29, 1.82) is 0 Å². The molecule has 35 heavy (non-hydrogen) atoms. The Balaban J connectivity index is 1.26. The number of imide groups is 1. The number of carbonyl (C=O) groups is 2. The van der Waals surface area contributed by atoms with Gasteiger partial charge in [0.25, 0.3) is 11.8 Å². The number of carbonyl (C=O) groups excluding carboxylic acids is 2. The lowest BCUT2D eigenvalue weighted by molar-refractivity contribution is -0.137. The molecular formula is C25H24F3N5O2. The van der Waals surface area contributed by atoms with Gasteiger partial charge in [0.2, 0.25) is 0 Å². The van der Waals surface area contributed by atoms with E-state index in [2.05, 4.69) is 14.9 Å². The molecule has 0 unspecified atom stereocenters. The van der Waals surface area contributed by atoms with Crippen LogP contribution in [0.3, 0.4) is 0 Å². The van der Waals surface area contributed by atoms with Crippen LogP contribution >= 0.6 is 0 Å². The number of anilines is 1. The topological polar surface area (TPSA) is 61.7 Å². The van der Waals surface area contributed by atoms with Gasteiger partial charge in [0.05, 0.1) is 28.9 Å². The van der Waals surface area contributed by atoms with E-state index in [4.69, 9.17) is 0 Å². The Morgan fingerprint density at radius 2 is 1.66 bits per heavy atom. The fourth-order valence-electron chi connectivity index (χ4n) is 4.67. The number of benzene rings is 2. The highest BCUT2D eigenvalue weighted by atomic mass is 19.4. The van der Waals surface area contributed by atoms with Gasteiger partial charge in [-0.3, -0.25) is 24.1 Å². The molecule has 0 radical (unpaired) electrons. The Bertz CT molecular complexity index is 1230. The quantitative estimate of drug-likeness (QED) is 0.502. The molecule has 3 aromatic rings. The third-order valence-corrected chi connectivity index (χ3v) is 6.46. The van der Waals surface area contributed by atoms with Crippen LogP contribution in [0.5, 0.6) is 0 Å². The number of aromatic nitrogens is 2. The molecule has 10 heteroatoms. The molecular weight excluding hydrogens is 459 g/mol. The van der Waals surface area contributed by atoms with Crippen molar-refractivity contribution in [3.8, 4) is 0 Å². The van der Waals surface area contributed by atoms with E-state index in [9.17, 15) is 22.8 Å². The Hall–Kier alpha value is -3.66. The van der Waals surface area contributed by atoms with Crippen LogP contribution in [0.25, 0.3) is 0 Å². The first-order chi connectivity index (χ1) is 16.8. The van der Waals surface area contributed by atoms with Gasteiger partial charge in [0, 0.05) is 51.7 Å². The zero-order valence-corrected chi connectivity index (χ0v) is 18.9. The van der Waals surface area contributed by atoms with Gasteiger partial charge in [-0.2, -0.15) is 18.3 Å². The van der Waals surface area contributed by atoms with Crippen molar-refractivity contribution in [2.24, 2.45) is 0 Å². The first-order valence-corrected chi connectivity index (χ1v) is 11.4. The number of hydrogen-bond donors (Lipinski definition) is 0. The standard InChI is InChI=1S/C25H24F3N5O2/c26-25(27,28)19-5-1-4-18(16-19)17-30-10-12-31(13-11-30)21-7-2-6-20-22(21)24(35)33(23(20)34)15-14-32-9-3-8-29-32/h1-9,16H,10-15,17H2. The second kappa shape index (κ2) is 9.18. The number of nitrogens with zero attached hydrogens (tertiary/aromatic N) is 5. The normalized spacial score (nSPS) is 16.8. The van der Waals surface area contributed by atoms with Crippen molar-refractivity contribution in [2.45, 2.75) is 19.3 Å². The zero-order valence-electron chi connectivity index (χ0n) is 18.9. The number of alkyl halides is 3. The molecule has 7 nitrogen and oxygen atoms in total. The highest BCUT2D eigenvalue weighted by Crippen LogP contribution is 2.33. The molecule has 1 saturated heterocycles. The minimum atomic E-state index is -4.36. The van der Waals surface area contributed by atoms with Crippen LogP contribution in [0.1, 0.15) is 31.8 Å². The van der Waals surface area contributed by atoms with Gasteiger partial charge >= 0.3 is 6.18 Å². The smallest absolute Gasteiger partial charge is 0.368 e. The third kappa shape index (κ3) is 4.66. The maximum absolute atomic E-state index is 13.2. The molecule has 2 aliphatic heterocycles. The van der Waals surface area contributed by atoms with Gasteiger partial charge in [-0.15, -0.1) is 0 Å². The summed E-state index contributed by atoms with van der Waals surface area (Å²) in [5.74, 6) is -0.610. The van der Waals surface area contributed by atoms with Crippen LogP contribution in [0.15, 0.2) is 60.9 Å². The third-order valence-electron chi connectivity index (χ3n) is 6.46. The Kier molecular flexibility index (Phi) is 6.06. The molecule has 2 amide bonds. The van der Waals surface area contributed by atoms with Gasteiger partial charge < -0.3 is 4.90 Å². The van der Waals surface area contributed by atoms with Crippen LogP contribution in [0.2, 0.25) is 0 Å². The average molecular weight is 483 g/mol. The molecule has 1 fully saturated rings. The number of hydrogen-bond acceptors (Lipinski definition) is 5. The second-order valence-corrected chi connectivity index (χ2v) is 8.69. The van der Waals surface area contributed by atoms with Crippen molar-refractivity contribution in [3.63, 3.8) is 0 Å². The molecule has 0 atom stereocenters. The fraction of sp³-hybridized carbons (Fsp3) is 0.320. The zero-order chi connectivity index (χ0) is 24.6. The molecule has 2 aliphatic rings. The molecule has 2 aromatic carbocycles. The van der Waals surface area contributed by atoms with E-state index in [1.807, 2.05) is 6.07 Å². The molecule has 1 aromatic heterocycles. The summed E-state index contributed by atoms with van der Waals surface area (Å²) < 4.78 is 40.7. The molecule has 0 saturated carbocycles.